The third-order valence-electron chi connectivity index (χ3n) is 3.03. The van der Waals surface area contributed by atoms with Crippen LogP contribution in [0.3, 0.4) is 0 Å². The Balaban J connectivity index is 1.75. The molecule has 1 aliphatic rings. The van der Waals surface area contributed by atoms with Gasteiger partial charge in [0.1, 0.15) is 12.4 Å². The minimum atomic E-state index is -0.712. The first-order chi connectivity index (χ1) is 9.24. The average molecular weight is 282 g/mol. The summed E-state index contributed by atoms with van der Waals surface area (Å²) in [5.74, 6) is 0.703. The summed E-state index contributed by atoms with van der Waals surface area (Å²) < 4.78 is 16.4. The average Bonchev–Trinajstić information content (AvgIpc) is 2.45. The number of ether oxygens (including phenoxy) is 3. The molecule has 0 spiro atoms. The Hall–Kier alpha value is -1.28. The SMILES string of the molecule is N#CC1(OCCOc2cccc(Cl)c2)CCOCC1. The van der Waals surface area contributed by atoms with E-state index in [9.17, 15) is 5.26 Å². The highest BCUT2D eigenvalue weighted by Gasteiger charge is 2.33. The summed E-state index contributed by atoms with van der Waals surface area (Å²) in [6, 6.07) is 9.44. The molecule has 1 aromatic carbocycles. The number of nitriles is 1. The maximum absolute atomic E-state index is 9.21. The Bertz CT molecular complexity index is 452. The topological polar surface area (TPSA) is 51.5 Å². The molecule has 0 atom stereocenters. The molecule has 102 valence electrons. The van der Waals surface area contributed by atoms with Crippen LogP contribution in [0.2, 0.25) is 5.02 Å². The molecule has 0 unspecified atom stereocenters. The maximum Gasteiger partial charge on any atom is 0.158 e. The molecule has 0 amide bonds. The predicted molar refractivity (Wildman–Crippen MR) is 71.3 cm³/mol. The van der Waals surface area contributed by atoms with Crippen molar-refractivity contribution in [1.29, 1.82) is 5.26 Å². The van der Waals surface area contributed by atoms with Crippen LogP contribution < -0.4 is 4.74 Å². The molecule has 1 fully saturated rings. The summed E-state index contributed by atoms with van der Waals surface area (Å²) in [6.45, 7) is 1.91. The van der Waals surface area contributed by atoms with Crippen molar-refractivity contribution in [1.82, 2.24) is 0 Å². The fourth-order valence-electron chi connectivity index (χ4n) is 1.94. The highest BCUT2D eigenvalue weighted by Crippen LogP contribution is 2.24. The van der Waals surface area contributed by atoms with E-state index in [0.29, 0.717) is 50.0 Å². The molecule has 1 heterocycles. The molecule has 0 bridgehead atoms. The van der Waals surface area contributed by atoms with E-state index in [-0.39, 0.29) is 0 Å². The minimum absolute atomic E-state index is 0.375. The van der Waals surface area contributed by atoms with E-state index in [1.807, 2.05) is 12.1 Å². The number of halogens is 1. The zero-order chi connectivity index (χ0) is 13.6. The molecule has 0 radical (unpaired) electrons. The van der Waals surface area contributed by atoms with Crippen LogP contribution in [0.4, 0.5) is 0 Å². The van der Waals surface area contributed by atoms with Gasteiger partial charge in [0.15, 0.2) is 5.60 Å². The van der Waals surface area contributed by atoms with E-state index >= 15 is 0 Å². The summed E-state index contributed by atoms with van der Waals surface area (Å²) in [5.41, 5.74) is -0.712. The van der Waals surface area contributed by atoms with Crippen LogP contribution in [0.1, 0.15) is 12.8 Å². The van der Waals surface area contributed by atoms with Gasteiger partial charge in [-0.05, 0) is 18.2 Å². The molecule has 0 saturated carbocycles. The molecule has 1 aliphatic heterocycles. The molecule has 1 aromatic rings. The molecular weight excluding hydrogens is 266 g/mol. The van der Waals surface area contributed by atoms with Gasteiger partial charge in [-0.25, -0.2) is 0 Å². The lowest BCUT2D eigenvalue weighted by molar-refractivity contribution is -0.0815. The molecule has 5 heteroatoms. The Kier molecular flexibility index (Phi) is 5.03. The van der Waals surface area contributed by atoms with Gasteiger partial charge in [0.05, 0.1) is 25.9 Å². The van der Waals surface area contributed by atoms with Crippen LogP contribution in [-0.2, 0) is 9.47 Å². The van der Waals surface area contributed by atoms with Crippen molar-refractivity contribution in [3.63, 3.8) is 0 Å². The van der Waals surface area contributed by atoms with Gasteiger partial charge >= 0.3 is 0 Å². The smallest absolute Gasteiger partial charge is 0.158 e. The Morgan fingerprint density at radius 3 is 2.79 bits per heavy atom. The zero-order valence-electron chi connectivity index (χ0n) is 10.6. The fourth-order valence-corrected chi connectivity index (χ4v) is 2.12. The highest BCUT2D eigenvalue weighted by molar-refractivity contribution is 6.30. The molecule has 1 saturated heterocycles. The van der Waals surface area contributed by atoms with E-state index in [1.165, 1.54) is 0 Å². The van der Waals surface area contributed by atoms with Gasteiger partial charge in [0, 0.05) is 17.9 Å². The Morgan fingerprint density at radius 2 is 2.11 bits per heavy atom. The number of benzene rings is 1. The molecular formula is C14H16ClNO3. The van der Waals surface area contributed by atoms with Crippen LogP contribution in [0.25, 0.3) is 0 Å². The van der Waals surface area contributed by atoms with Crippen molar-refractivity contribution in [2.24, 2.45) is 0 Å². The van der Waals surface area contributed by atoms with Gasteiger partial charge in [0.25, 0.3) is 0 Å². The van der Waals surface area contributed by atoms with Gasteiger partial charge in [-0.2, -0.15) is 5.26 Å². The molecule has 4 nitrogen and oxygen atoms in total. The summed E-state index contributed by atoms with van der Waals surface area (Å²) in [7, 11) is 0. The van der Waals surface area contributed by atoms with Gasteiger partial charge in [-0.15, -0.1) is 0 Å². The van der Waals surface area contributed by atoms with Gasteiger partial charge in [-0.1, -0.05) is 17.7 Å². The normalized spacial score (nSPS) is 17.7. The monoisotopic (exact) mass is 281 g/mol. The maximum atomic E-state index is 9.21. The highest BCUT2D eigenvalue weighted by atomic mass is 35.5. The number of rotatable bonds is 5. The molecule has 0 aromatic heterocycles. The van der Waals surface area contributed by atoms with E-state index in [4.69, 9.17) is 25.8 Å². The quantitative estimate of drug-likeness (QED) is 0.779. The first kappa shape index (κ1) is 14.1. The Morgan fingerprint density at radius 1 is 1.32 bits per heavy atom. The first-order valence-electron chi connectivity index (χ1n) is 6.25. The third-order valence-corrected chi connectivity index (χ3v) is 3.27. The van der Waals surface area contributed by atoms with E-state index in [0.717, 1.165) is 0 Å². The van der Waals surface area contributed by atoms with Crippen molar-refractivity contribution >= 4 is 11.6 Å². The summed E-state index contributed by atoms with van der Waals surface area (Å²) in [5, 5.41) is 9.84. The predicted octanol–water partition coefficient (Wildman–Crippen LogP) is 2.81. The standard InChI is InChI=1S/C14H16ClNO3/c15-12-2-1-3-13(10-12)18-8-9-19-14(11-16)4-6-17-7-5-14/h1-3,10H,4-9H2. The lowest BCUT2D eigenvalue weighted by Crippen LogP contribution is -2.38. The second kappa shape index (κ2) is 6.76. The second-order valence-electron chi connectivity index (χ2n) is 4.37. The van der Waals surface area contributed by atoms with Crippen LogP contribution >= 0.6 is 11.6 Å². The molecule has 0 N–H and O–H groups in total. The van der Waals surface area contributed by atoms with Gasteiger partial charge < -0.3 is 14.2 Å². The summed E-state index contributed by atoms with van der Waals surface area (Å²) in [6.07, 6.45) is 1.22. The van der Waals surface area contributed by atoms with Crippen LogP contribution in [0, 0.1) is 11.3 Å². The summed E-state index contributed by atoms with van der Waals surface area (Å²) in [4.78, 5) is 0. The Labute approximate surface area is 117 Å². The van der Waals surface area contributed by atoms with E-state index < -0.39 is 5.60 Å². The number of hydrogen-bond donors (Lipinski definition) is 0. The molecule has 19 heavy (non-hydrogen) atoms. The third kappa shape index (κ3) is 4.10. The van der Waals surface area contributed by atoms with Crippen molar-refractivity contribution in [2.45, 2.75) is 18.4 Å². The van der Waals surface area contributed by atoms with Gasteiger partial charge in [-0.3, -0.25) is 0 Å². The van der Waals surface area contributed by atoms with Crippen LogP contribution in [0.5, 0.6) is 5.75 Å². The molecule has 2 rings (SSSR count). The van der Waals surface area contributed by atoms with Crippen molar-refractivity contribution < 1.29 is 14.2 Å². The molecule has 0 aliphatic carbocycles. The van der Waals surface area contributed by atoms with E-state index in [1.54, 1.807) is 12.1 Å². The minimum Gasteiger partial charge on any atom is -0.491 e. The lowest BCUT2D eigenvalue weighted by Gasteiger charge is -2.30. The summed E-state index contributed by atoms with van der Waals surface area (Å²) >= 11 is 5.86. The van der Waals surface area contributed by atoms with Crippen LogP contribution in [-0.4, -0.2) is 32.0 Å². The second-order valence-corrected chi connectivity index (χ2v) is 4.81. The number of nitrogens with zero attached hydrogens (tertiary/aromatic N) is 1. The number of hydrogen-bond acceptors (Lipinski definition) is 4. The first-order valence-corrected chi connectivity index (χ1v) is 6.63. The van der Waals surface area contributed by atoms with Gasteiger partial charge in [0.2, 0.25) is 0 Å². The van der Waals surface area contributed by atoms with E-state index in [2.05, 4.69) is 6.07 Å². The van der Waals surface area contributed by atoms with Crippen molar-refractivity contribution in [2.75, 3.05) is 26.4 Å². The lowest BCUT2D eigenvalue weighted by atomic mass is 9.96. The van der Waals surface area contributed by atoms with Crippen molar-refractivity contribution in [3.8, 4) is 11.8 Å². The largest absolute Gasteiger partial charge is 0.491 e. The van der Waals surface area contributed by atoms with Crippen LogP contribution in [0.15, 0.2) is 24.3 Å². The zero-order valence-corrected chi connectivity index (χ0v) is 11.4. The van der Waals surface area contributed by atoms with Crippen molar-refractivity contribution in [3.05, 3.63) is 29.3 Å². The fraction of sp³-hybridized carbons (Fsp3) is 0.500.